The molecule has 0 spiro atoms. The molecule has 0 saturated heterocycles. The molecule has 0 saturated carbocycles. The van der Waals surface area contributed by atoms with E-state index in [2.05, 4.69) is 111 Å². The molecule has 0 radical (unpaired) electrons. The van der Waals surface area contributed by atoms with Gasteiger partial charge < -0.3 is 0 Å². The molecule has 4 atom stereocenters. The number of rotatable bonds is 6. The first-order chi connectivity index (χ1) is 14.2. The molecule has 4 unspecified atom stereocenters. The van der Waals surface area contributed by atoms with E-state index in [9.17, 15) is 8.42 Å². The average Bonchev–Trinajstić information content (AvgIpc) is 2.70. The summed E-state index contributed by atoms with van der Waals surface area (Å²) in [6.07, 6.45) is 0.715. The Labute approximate surface area is 192 Å². The normalized spacial score (nSPS) is 16.4. The molecule has 0 aliphatic heterocycles. The van der Waals surface area contributed by atoms with Crippen molar-refractivity contribution >= 4 is 20.9 Å². The van der Waals surface area contributed by atoms with Crippen LogP contribution in [0, 0.1) is 41.4 Å². The molecule has 0 aromatic heterocycles. The monoisotopic (exact) mass is 450 g/mol. The van der Waals surface area contributed by atoms with E-state index >= 15 is 0 Å². The molecule has 4 heteroatoms. The molecule has 0 heterocycles. The second-order valence-electron chi connectivity index (χ2n) is 9.86. The van der Waals surface area contributed by atoms with E-state index in [1.165, 1.54) is 10.8 Å². The zero-order valence-electron chi connectivity index (χ0n) is 21.3. The predicted octanol–water partition coefficient (Wildman–Crippen LogP) is 7.82. The lowest BCUT2D eigenvalue weighted by atomic mass is 9.69. The summed E-state index contributed by atoms with van der Waals surface area (Å²) in [5.41, 5.74) is 0. The van der Waals surface area contributed by atoms with E-state index in [0.717, 1.165) is 41.4 Å². The van der Waals surface area contributed by atoms with E-state index < -0.39 is 10.1 Å². The van der Waals surface area contributed by atoms with Gasteiger partial charge in [0.25, 0.3) is 10.1 Å². The largest absolute Gasteiger partial charge is 0.286 e. The number of hydrogen-bond donors (Lipinski definition) is 1. The van der Waals surface area contributed by atoms with Crippen LogP contribution in [0.3, 0.4) is 0 Å². The summed E-state index contributed by atoms with van der Waals surface area (Å²) >= 11 is 0. The standard InChI is InChI=1S/C16H34.C10H8.CH4O3S/c1-10(2)12(5)14(7)16(9)15(8)13(6)11(3)4;1-2-6-10-8-4-3-7-9(10)5-1;1-5(2,3)4/h10-16H,1-9H3;1-8H;1H3,(H,2,3,4). The van der Waals surface area contributed by atoms with Crippen molar-refractivity contribution < 1.29 is 13.0 Å². The maximum absolute atomic E-state index is 9.19. The van der Waals surface area contributed by atoms with Crippen molar-refractivity contribution in [1.29, 1.82) is 0 Å². The molecule has 3 nitrogen and oxygen atoms in total. The number of fused-ring (bicyclic) bond motifs is 1. The molecule has 0 aliphatic carbocycles. The van der Waals surface area contributed by atoms with Gasteiger partial charge in [-0.15, -0.1) is 0 Å². The minimum Gasteiger partial charge on any atom is -0.286 e. The topological polar surface area (TPSA) is 54.4 Å². The Morgan fingerprint density at radius 1 is 0.548 bits per heavy atom. The Morgan fingerprint density at radius 3 is 0.935 bits per heavy atom. The van der Waals surface area contributed by atoms with Crippen LogP contribution in [0.25, 0.3) is 10.8 Å². The van der Waals surface area contributed by atoms with Crippen molar-refractivity contribution in [2.45, 2.75) is 62.3 Å². The summed E-state index contributed by atoms with van der Waals surface area (Å²) in [7, 11) is -3.67. The third kappa shape index (κ3) is 12.3. The van der Waals surface area contributed by atoms with Crippen LogP contribution in [0.1, 0.15) is 62.3 Å². The highest BCUT2D eigenvalue weighted by Gasteiger charge is 2.29. The van der Waals surface area contributed by atoms with E-state index in [1.54, 1.807) is 0 Å². The lowest BCUT2D eigenvalue weighted by Crippen LogP contribution is -2.30. The Kier molecular flexibility index (Phi) is 13.3. The molecule has 1 N–H and O–H groups in total. The first-order valence-electron chi connectivity index (χ1n) is 11.5. The third-order valence-corrected chi connectivity index (χ3v) is 7.08. The first kappa shape index (κ1) is 29.6. The van der Waals surface area contributed by atoms with Crippen LogP contribution in [0.4, 0.5) is 0 Å². The van der Waals surface area contributed by atoms with Gasteiger partial charge in [0, 0.05) is 0 Å². The van der Waals surface area contributed by atoms with Gasteiger partial charge in [-0.3, -0.25) is 4.55 Å². The van der Waals surface area contributed by atoms with E-state index in [4.69, 9.17) is 4.55 Å². The number of benzene rings is 2. The zero-order chi connectivity index (χ0) is 24.4. The molecule has 2 aromatic rings. The zero-order valence-corrected chi connectivity index (χ0v) is 22.1. The lowest BCUT2D eigenvalue weighted by Gasteiger charge is -2.36. The SMILES string of the molecule is CC(C)C(C)C(C)C(C)C(C)C(C)C(C)C.CS(=O)(=O)O.c1ccc2ccccc2c1. The fourth-order valence-corrected chi connectivity index (χ4v) is 3.78. The third-order valence-electron chi connectivity index (χ3n) is 7.08. The van der Waals surface area contributed by atoms with Crippen molar-refractivity contribution in [2.75, 3.05) is 6.26 Å². The molecule has 0 aliphatic rings. The lowest BCUT2D eigenvalue weighted by molar-refractivity contribution is 0.126. The maximum atomic E-state index is 9.19. The van der Waals surface area contributed by atoms with Crippen molar-refractivity contribution in [1.82, 2.24) is 0 Å². The van der Waals surface area contributed by atoms with Crippen LogP contribution in [0.15, 0.2) is 48.5 Å². The summed E-state index contributed by atoms with van der Waals surface area (Å²) in [4.78, 5) is 0. The van der Waals surface area contributed by atoms with Gasteiger partial charge in [-0.05, 0) is 52.2 Å². The summed E-state index contributed by atoms with van der Waals surface area (Å²) in [6.45, 7) is 21.6. The predicted molar refractivity (Wildman–Crippen MR) is 137 cm³/mol. The van der Waals surface area contributed by atoms with Gasteiger partial charge in [0.05, 0.1) is 6.26 Å². The van der Waals surface area contributed by atoms with Crippen molar-refractivity contribution in [3.63, 3.8) is 0 Å². The van der Waals surface area contributed by atoms with Gasteiger partial charge >= 0.3 is 0 Å². The van der Waals surface area contributed by atoms with E-state index in [1.807, 2.05) is 0 Å². The molecule has 0 bridgehead atoms. The minimum absolute atomic E-state index is 0.715. The summed E-state index contributed by atoms with van der Waals surface area (Å²) in [5.74, 6) is 5.76. The van der Waals surface area contributed by atoms with Gasteiger partial charge in [-0.1, -0.05) is 111 Å². The second kappa shape index (κ2) is 13.9. The first-order valence-corrected chi connectivity index (χ1v) is 13.4. The van der Waals surface area contributed by atoms with Crippen LogP contribution in [0.2, 0.25) is 0 Å². The van der Waals surface area contributed by atoms with Crippen LogP contribution in [0.5, 0.6) is 0 Å². The summed E-state index contributed by atoms with van der Waals surface area (Å²) < 4.78 is 25.9. The molecule has 178 valence electrons. The van der Waals surface area contributed by atoms with Gasteiger partial charge in [0.2, 0.25) is 0 Å². The smallest absolute Gasteiger partial charge is 0.261 e. The molecule has 2 aromatic carbocycles. The minimum atomic E-state index is -3.67. The van der Waals surface area contributed by atoms with Crippen LogP contribution >= 0.6 is 0 Å². The Hall–Kier alpha value is -1.39. The van der Waals surface area contributed by atoms with Crippen LogP contribution < -0.4 is 0 Å². The Balaban J connectivity index is 0.000000503. The second-order valence-corrected chi connectivity index (χ2v) is 11.3. The highest BCUT2D eigenvalue weighted by atomic mass is 32.2. The maximum Gasteiger partial charge on any atom is 0.261 e. The van der Waals surface area contributed by atoms with Gasteiger partial charge in [0.15, 0.2) is 0 Å². The molecular weight excluding hydrogens is 404 g/mol. The average molecular weight is 451 g/mol. The Bertz CT molecular complexity index is 749. The van der Waals surface area contributed by atoms with Crippen LogP contribution in [-0.4, -0.2) is 19.2 Å². The summed E-state index contributed by atoms with van der Waals surface area (Å²) in [5, 5.41) is 2.62. The highest BCUT2D eigenvalue weighted by molar-refractivity contribution is 7.85. The quantitative estimate of drug-likeness (QED) is 0.456. The fraction of sp³-hybridized carbons (Fsp3) is 0.630. The van der Waals surface area contributed by atoms with Gasteiger partial charge in [-0.25, -0.2) is 0 Å². The van der Waals surface area contributed by atoms with Crippen LogP contribution in [-0.2, 0) is 10.1 Å². The Morgan fingerprint density at radius 2 is 0.742 bits per heavy atom. The molecule has 31 heavy (non-hydrogen) atoms. The summed E-state index contributed by atoms with van der Waals surface area (Å²) in [6, 6.07) is 16.7. The molecule has 0 amide bonds. The van der Waals surface area contributed by atoms with Crippen molar-refractivity contribution in [3.8, 4) is 0 Å². The molecular formula is C27H46O3S. The van der Waals surface area contributed by atoms with E-state index in [-0.39, 0.29) is 0 Å². The highest BCUT2D eigenvalue weighted by Crippen LogP contribution is 2.36. The van der Waals surface area contributed by atoms with Crippen molar-refractivity contribution in [3.05, 3.63) is 48.5 Å². The molecule has 0 fully saturated rings. The van der Waals surface area contributed by atoms with Crippen molar-refractivity contribution in [2.24, 2.45) is 41.4 Å². The fourth-order valence-electron chi connectivity index (χ4n) is 3.78. The molecule has 2 rings (SSSR count). The van der Waals surface area contributed by atoms with Gasteiger partial charge in [-0.2, -0.15) is 8.42 Å². The van der Waals surface area contributed by atoms with Gasteiger partial charge in [0.1, 0.15) is 0 Å². The van der Waals surface area contributed by atoms with E-state index in [0.29, 0.717) is 6.26 Å². The number of hydrogen-bond acceptors (Lipinski definition) is 2.